The van der Waals surface area contributed by atoms with E-state index in [-0.39, 0.29) is 34.0 Å². The number of sulfonamides is 1. The quantitative estimate of drug-likeness (QED) is 0.348. The molecular weight excluding hydrogens is 604 g/mol. The van der Waals surface area contributed by atoms with E-state index in [0.29, 0.717) is 23.7 Å². The van der Waals surface area contributed by atoms with Crippen LogP contribution < -0.4 is 20.1 Å². The van der Waals surface area contributed by atoms with Gasteiger partial charge in [-0.2, -0.15) is 30.7 Å². The molecule has 4 rings (SSSR count). The first-order valence-corrected chi connectivity index (χ1v) is 12.9. The number of nitrogens with two attached hydrogens (primary N) is 1. The molecule has 0 saturated heterocycles. The number of nitrogens with one attached hydrogen (secondary N) is 1. The Bertz CT molecular complexity index is 1470. The summed E-state index contributed by atoms with van der Waals surface area (Å²) in [6.07, 6.45) is -9.60. The number of hydrogen-bond acceptors (Lipinski definition) is 9. The van der Waals surface area contributed by atoms with Crippen LogP contribution in [0.3, 0.4) is 0 Å². The van der Waals surface area contributed by atoms with Crippen LogP contribution >= 0.6 is 23.1 Å². The normalized spacial score (nSPS) is 13.6. The molecule has 0 radical (unpaired) electrons. The van der Waals surface area contributed by atoms with Gasteiger partial charge in [0.25, 0.3) is 10.0 Å². The largest absolute Gasteiger partial charge is 0.490 e. The van der Waals surface area contributed by atoms with Crippen molar-refractivity contribution in [3.8, 4) is 5.75 Å². The summed E-state index contributed by atoms with van der Waals surface area (Å²) in [5.41, 5.74) is 5.39. The monoisotopic (exact) mass is 619 g/mol. The van der Waals surface area contributed by atoms with Gasteiger partial charge in [-0.15, -0.1) is 0 Å². The number of carboxylic acid groups (broad SMARTS) is 1. The molecule has 1 aromatic heterocycles. The topological polar surface area (TPSA) is 148 Å². The molecule has 2 heterocycles. The Balaban J connectivity index is 0.000000532. The zero-order valence-electron chi connectivity index (χ0n) is 19.0. The smallest absolute Gasteiger partial charge is 0.489 e. The summed E-state index contributed by atoms with van der Waals surface area (Å²) in [5, 5.41) is 7.11. The lowest BCUT2D eigenvalue weighted by Gasteiger charge is -2.32. The molecule has 0 saturated carbocycles. The Morgan fingerprint density at radius 1 is 1.15 bits per heavy atom. The molecule has 0 unspecified atom stereocenters. The average Bonchev–Trinajstić information content (AvgIpc) is 3.29. The van der Waals surface area contributed by atoms with Gasteiger partial charge >= 0.3 is 18.3 Å². The lowest BCUT2D eigenvalue weighted by Crippen LogP contribution is -2.29. The number of fused-ring (bicyclic) bond motifs is 1. The van der Waals surface area contributed by atoms with Gasteiger partial charge in [-0.25, -0.2) is 18.2 Å². The molecule has 2 aromatic carbocycles. The maximum Gasteiger partial charge on any atom is 0.490 e. The molecule has 10 nitrogen and oxygen atoms in total. The minimum atomic E-state index is -5.08. The molecule has 0 bridgehead atoms. The van der Waals surface area contributed by atoms with E-state index in [1.54, 1.807) is 4.90 Å². The fraction of sp³-hybridized carbons (Fsp3) is 0.250. The minimum Gasteiger partial charge on any atom is -0.489 e. The summed E-state index contributed by atoms with van der Waals surface area (Å²) in [4.78, 5) is 14.5. The average molecular weight is 620 g/mol. The third-order valence-corrected chi connectivity index (χ3v) is 7.22. The summed E-state index contributed by atoms with van der Waals surface area (Å²) < 4.78 is 108. The first-order valence-electron chi connectivity index (χ1n) is 10.3. The van der Waals surface area contributed by atoms with E-state index >= 15 is 0 Å². The highest BCUT2D eigenvalue weighted by Gasteiger charge is 2.38. The molecule has 19 heteroatoms. The number of alkyl halides is 6. The Morgan fingerprint density at radius 3 is 2.33 bits per heavy atom. The second kappa shape index (κ2) is 11.4. The van der Waals surface area contributed by atoms with Crippen LogP contribution in [0.1, 0.15) is 11.4 Å². The van der Waals surface area contributed by atoms with E-state index in [2.05, 4.69) is 14.1 Å². The van der Waals surface area contributed by atoms with E-state index in [9.17, 15) is 34.8 Å². The number of aromatic nitrogens is 2. The van der Waals surface area contributed by atoms with Crippen molar-refractivity contribution in [2.24, 2.45) is 5.73 Å². The highest BCUT2D eigenvalue weighted by molar-refractivity contribution is 7.93. The Morgan fingerprint density at radius 2 is 1.79 bits per heavy atom. The van der Waals surface area contributed by atoms with Crippen LogP contribution in [0.25, 0.3) is 0 Å². The van der Waals surface area contributed by atoms with Crippen LogP contribution in [0.15, 0.2) is 41.3 Å². The van der Waals surface area contributed by atoms with Crippen LogP contribution in [0.4, 0.5) is 42.8 Å². The van der Waals surface area contributed by atoms with Crippen LogP contribution in [-0.4, -0.2) is 48.2 Å². The number of carboxylic acids is 1. The van der Waals surface area contributed by atoms with Crippen molar-refractivity contribution in [2.45, 2.75) is 23.8 Å². The third kappa shape index (κ3) is 7.40. The maximum absolute atomic E-state index is 12.9. The van der Waals surface area contributed by atoms with Gasteiger partial charge in [0.2, 0.25) is 5.13 Å². The van der Waals surface area contributed by atoms with Crippen molar-refractivity contribution < 1.29 is 49.4 Å². The lowest BCUT2D eigenvalue weighted by atomic mass is 10.1. The number of rotatable bonds is 5. The lowest BCUT2D eigenvalue weighted by molar-refractivity contribution is -0.192. The van der Waals surface area contributed by atoms with Crippen LogP contribution in [-0.2, 0) is 27.5 Å². The summed E-state index contributed by atoms with van der Waals surface area (Å²) >= 11 is 7.00. The van der Waals surface area contributed by atoms with E-state index < -0.39 is 33.9 Å². The highest BCUT2D eigenvalue weighted by Crippen LogP contribution is 2.42. The predicted molar refractivity (Wildman–Crippen MR) is 128 cm³/mol. The second-order valence-corrected chi connectivity index (χ2v) is 10.3. The number of anilines is 3. The number of hydrogen-bond donors (Lipinski definition) is 3. The molecule has 4 N–H and O–H groups in total. The van der Waals surface area contributed by atoms with Gasteiger partial charge in [0, 0.05) is 17.6 Å². The minimum absolute atomic E-state index is 0.0715. The maximum atomic E-state index is 12.9. The molecule has 0 atom stereocenters. The SMILES string of the molecule is NCc1nsc(NS(=O)(=O)c2ccc3c(c2)OCCN3c2ccc(C(F)(F)F)cc2Cl)n1.O=C(O)C(F)(F)F. The van der Waals surface area contributed by atoms with Gasteiger partial charge in [0.15, 0.2) is 5.82 Å². The van der Waals surface area contributed by atoms with E-state index in [4.69, 9.17) is 32.0 Å². The molecule has 0 fully saturated rings. The van der Waals surface area contributed by atoms with Gasteiger partial charge in [0.1, 0.15) is 12.4 Å². The number of halogens is 7. The van der Waals surface area contributed by atoms with Crippen molar-refractivity contribution in [3.63, 3.8) is 0 Å². The molecule has 39 heavy (non-hydrogen) atoms. The molecule has 212 valence electrons. The summed E-state index contributed by atoms with van der Waals surface area (Å²) in [6.45, 7) is 0.569. The van der Waals surface area contributed by atoms with Gasteiger partial charge in [-0.1, -0.05) is 11.6 Å². The van der Waals surface area contributed by atoms with Crippen LogP contribution in [0, 0.1) is 0 Å². The van der Waals surface area contributed by atoms with E-state index in [1.165, 1.54) is 24.3 Å². The molecule has 1 aliphatic rings. The number of carbonyl (C=O) groups is 1. The van der Waals surface area contributed by atoms with Crippen molar-refractivity contribution >= 4 is 55.6 Å². The van der Waals surface area contributed by atoms with Crippen LogP contribution in [0.5, 0.6) is 5.75 Å². The number of nitrogens with zero attached hydrogens (tertiary/aromatic N) is 3. The van der Waals surface area contributed by atoms with Crippen molar-refractivity contribution in [3.05, 3.63) is 52.8 Å². The van der Waals surface area contributed by atoms with Gasteiger partial charge in [0.05, 0.1) is 39.9 Å². The fourth-order valence-corrected chi connectivity index (χ4v) is 5.19. The van der Waals surface area contributed by atoms with E-state index in [1.807, 2.05) is 0 Å². The first-order chi connectivity index (χ1) is 18.0. The summed E-state index contributed by atoms with van der Waals surface area (Å²) in [7, 11) is -3.99. The number of ether oxygens (including phenoxy) is 1. The Labute approximate surface area is 225 Å². The fourth-order valence-electron chi connectivity index (χ4n) is 3.07. The van der Waals surface area contributed by atoms with Crippen molar-refractivity contribution in [1.82, 2.24) is 9.36 Å². The Kier molecular flexibility index (Phi) is 8.83. The molecule has 1 aliphatic heterocycles. The molecule has 0 aliphatic carbocycles. The molecule has 3 aromatic rings. The zero-order chi connectivity index (χ0) is 29.2. The predicted octanol–water partition coefficient (Wildman–Crippen LogP) is 4.63. The zero-order valence-corrected chi connectivity index (χ0v) is 21.4. The molecular formula is C20H16ClF6N5O5S2. The Hall–Kier alpha value is -3.35. The highest BCUT2D eigenvalue weighted by atomic mass is 35.5. The summed E-state index contributed by atoms with van der Waals surface area (Å²) in [6, 6.07) is 7.25. The van der Waals surface area contributed by atoms with E-state index in [0.717, 1.165) is 23.7 Å². The molecule has 0 spiro atoms. The van der Waals surface area contributed by atoms with Gasteiger partial charge < -0.3 is 20.5 Å². The third-order valence-electron chi connectivity index (χ3n) is 4.79. The van der Waals surface area contributed by atoms with Gasteiger partial charge in [-0.05, 0) is 30.3 Å². The number of aliphatic carboxylic acids is 1. The summed E-state index contributed by atoms with van der Waals surface area (Å²) in [5.74, 6) is -2.20. The number of benzene rings is 2. The first kappa shape index (κ1) is 30.2. The van der Waals surface area contributed by atoms with Gasteiger partial charge in [-0.3, -0.25) is 4.72 Å². The molecule has 0 amide bonds. The second-order valence-electron chi connectivity index (χ2n) is 7.42. The van der Waals surface area contributed by atoms with Crippen molar-refractivity contribution in [1.29, 1.82) is 0 Å². The van der Waals surface area contributed by atoms with Crippen molar-refractivity contribution in [2.75, 3.05) is 22.8 Å². The van der Waals surface area contributed by atoms with Crippen LogP contribution in [0.2, 0.25) is 5.02 Å². The standard InChI is InChI=1S/C18H15ClF3N5O3S2.C2HF3O2/c19-12-7-10(18(20,21)22)1-3-13(12)27-5-6-30-15-8-11(2-4-14(15)27)32(28,29)26-17-24-16(9-23)25-31-17;3-2(4,5)1(6)7/h1-4,7-8H,5-6,9,23H2,(H,24,25,26);(H,6,7).